The average molecular weight is 370 g/mol. The summed E-state index contributed by atoms with van der Waals surface area (Å²) in [6.07, 6.45) is 1.45. The zero-order valence-electron chi connectivity index (χ0n) is 14.2. The van der Waals surface area contributed by atoms with Crippen LogP contribution in [0.25, 0.3) is 10.9 Å². The monoisotopic (exact) mass is 369 g/mol. The Hall–Kier alpha value is -3.12. The van der Waals surface area contributed by atoms with Gasteiger partial charge in [0.2, 0.25) is 0 Å². The summed E-state index contributed by atoms with van der Waals surface area (Å²) >= 11 is 6.18. The minimum absolute atomic E-state index is 0.296. The van der Waals surface area contributed by atoms with Crippen molar-refractivity contribution in [2.24, 2.45) is 5.10 Å². The van der Waals surface area contributed by atoms with Crippen molar-refractivity contribution in [3.63, 3.8) is 0 Å². The zero-order chi connectivity index (χ0) is 18.5. The van der Waals surface area contributed by atoms with Crippen LogP contribution in [-0.2, 0) is 0 Å². The van der Waals surface area contributed by atoms with Crippen LogP contribution < -0.4 is 14.9 Å². The molecule has 3 aromatic rings. The fraction of sp³-hybridized carbons (Fsp3) is 0.105. The molecular formula is C19H16ClN3O3. The SMILES string of the molecule is COc1ccc(C(=O)N/N=C\c2cc3cc(OC)ccc3nc2Cl)cc1. The van der Waals surface area contributed by atoms with Crippen LogP contribution in [0.15, 0.2) is 53.6 Å². The van der Waals surface area contributed by atoms with Gasteiger partial charge in [-0.25, -0.2) is 10.4 Å². The second-order valence-corrected chi connectivity index (χ2v) is 5.71. The number of nitrogens with one attached hydrogen (secondary N) is 1. The summed E-state index contributed by atoms with van der Waals surface area (Å²) in [6, 6.07) is 14.0. The van der Waals surface area contributed by atoms with Crippen LogP contribution in [0.1, 0.15) is 15.9 Å². The van der Waals surface area contributed by atoms with Gasteiger partial charge in [0, 0.05) is 16.5 Å². The first kappa shape index (κ1) is 17.7. The minimum Gasteiger partial charge on any atom is -0.497 e. The van der Waals surface area contributed by atoms with Crippen molar-refractivity contribution in [3.05, 3.63) is 64.8 Å². The van der Waals surface area contributed by atoms with E-state index in [4.69, 9.17) is 21.1 Å². The minimum atomic E-state index is -0.338. The normalized spacial score (nSPS) is 10.9. The highest BCUT2D eigenvalue weighted by atomic mass is 35.5. The molecule has 1 N–H and O–H groups in total. The molecule has 0 unspecified atom stereocenters. The predicted molar refractivity (Wildman–Crippen MR) is 101 cm³/mol. The molecule has 0 aliphatic rings. The molecule has 0 aliphatic carbocycles. The predicted octanol–water partition coefficient (Wildman–Crippen LogP) is 3.67. The number of amides is 1. The zero-order valence-corrected chi connectivity index (χ0v) is 14.9. The number of nitrogens with zero attached hydrogens (tertiary/aromatic N) is 2. The largest absolute Gasteiger partial charge is 0.497 e. The highest BCUT2D eigenvalue weighted by molar-refractivity contribution is 6.32. The Kier molecular flexibility index (Phi) is 5.34. The second-order valence-electron chi connectivity index (χ2n) is 5.35. The van der Waals surface area contributed by atoms with Crippen molar-refractivity contribution in [1.29, 1.82) is 0 Å². The first-order valence-electron chi connectivity index (χ1n) is 7.72. The lowest BCUT2D eigenvalue weighted by atomic mass is 10.1. The molecule has 3 rings (SSSR count). The number of hydrogen-bond acceptors (Lipinski definition) is 5. The van der Waals surface area contributed by atoms with E-state index in [0.717, 1.165) is 16.7 Å². The van der Waals surface area contributed by atoms with Gasteiger partial charge in [0.25, 0.3) is 5.91 Å². The van der Waals surface area contributed by atoms with Gasteiger partial charge in [-0.1, -0.05) is 11.6 Å². The van der Waals surface area contributed by atoms with Crippen molar-refractivity contribution in [1.82, 2.24) is 10.4 Å². The number of ether oxygens (including phenoxy) is 2. The maximum Gasteiger partial charge on any atom is 0.271 e. The molecular weight excluding hydrogens is 354 g/mol. The first-order valence-corrected chi connectivity index (χ1v) is 8.10. The Morgan fingerprint density at radius 1 is 1.08 bits per heavy atom. The first-order chi connectivity index (χ1) is 12.6. The van der Waals surface area contributed by atoms with Crippen LogP contribution in [-0.4, -0.2) is 31.3 Å². The van der Waals surface area contributed by atoms with E-state index in [-0.39, 0.29) is 5.91 Å². The molecule has 26 heavy (non-hydrogen) atoms. The standard InChI is InChI=1S/C19H16ClN3O3/c1-25-15-5-3-12(4-6-15)19(24)23-21-11-14-9-13-10-16(26-2)7-8-17(13)22-18(14)20/h3-11H,1-2H3,(H,23,24)/b21-11-. The molecule has 0 atom stereocenters. The molecule has 7 heteroatoms. The van der Waals surface area contributed by atoms with Crippen LogP contribution in [0.3, 0.4) is 0 Å². The van der Waals surface area contributed by atoms with E-state index in [9.17, 15) is 4.79 Å². The molecule has 0 spiro atoms. The summed E-state index contributed by atoms with van der Waals surface area (Å²) < 4.78 is 10.3. The summed E-state index contributed by atoms with van der Waals surface area (Å²) in [5, 5.41) is 5.11. The van der Waals surface area contributed by atoms with Crippen molar-refractivity contribution < 1.29 is 14.3 Å². The van der Waals surface area contributed by atoms with Crippen molar-refractivity contribution >= 4 is 34.6 Å². The maximum absolute atomic E-state index is 12.1. The Balaban J connectivity index is 1.76. The van der Waals surface area contributed by atoms with Gasteiger partial charge in [0.05, 0.1) is 26.0 Å². The quantitative estimate of drug-likeness (QED) is 0.423. The van der Waals surface area contributed by atoms with Crippen LogP contribution in [0.4, 0.5) is 0 Å². The number of hydrazone groups is 1. The van der Waals surface area contributed by atoms with E-state index >= 15 is 0 Å². The summed E-state index contributed by atoms with van der Waals surface area (Å²) in [4.78, 5) is 16.4. The third kappa shape index (κ3) is 3.92. The molecule has 1 aromatic heterocycles. The van der Waals surface area contributed by atoms with E-state index in [1.165, 1.54) is 6.21 Å². The Labute approximate surface area is 155 Å². The third-order valence-corrected chi connectivity index (χ3v) is 4.03. The van der Waals surface area contributed by atoms with Gasteiger partial charge in [0.1, 0.15) is 16.7 Å². The Morgan fingerprint density at radius 3 is 2.46 bits per heavy atom. The number of fused-ring (bicyclic) bond motifs is 1. The van der Waals surface area contributed by atoms with Crippen molar-refractivity contribution in [2.75, 3.05) is 14.2 Å². The molecule has 0 bridgehead atoms. The summed E-state index contributed by atoms with van der Waals surface area (Å²) in [5.41, 5.74) is 4.26. The molecule has 1 amide bonds. The third-order valence-electron chi connectivity index (χ3n) is 3.72. The number of carbonyl (C=O) groups excluding carboxylic acids is 1. The lowest BCUT2D eigenvalue weighted by Gasteiger charge is -2.05. The highest BCUT2D eigenvalue weighted by Gasteiger charge is 2.06. The Morgan fingerprint density at radius 2 is 1.77 bits per heavy atom. The summed E-state index contributed by atoms with van der Waals surface area (Å²) in [6.45, 7) is 0. The van der Waals surface area contributed by atoms with Gasteiger partial charge in [-0.15, -0.1) is 0 Å². The van der Waals surface area contributed by atoms with Crippen molar-refractivity contribution in [3.8, 4) is 11.5 Å². The molecule has 0 aliphatic heterocycles. The smallest absolute Gasteiger partial charge is 0.271 e. The molecule has 132 valence electrons. The lowest BCUT2D eigenvalue weighted by Crippen LogP contribution is -2.17. The van der Waals surface area contributed by atoms with Gasteiger partial charge >= 0.3 is 0 Å². The summed E-state index contributed by atoms with van der Waals surface area (Å²) in [7, 11) is 3.16. The van der Waals surface area contributed by atoms with E-state index in [1.54, 1.807) is 38.5 Å². The van der Waals surface area contributed by atoms with Crippen LogP contribution in [0.2, 0.25) is 5.15 Å². The van der Waals surface area contributed by atoms with Crippen LogP contribution in [0.5, 0.6) is 11.5 Å². The van der Waals surface area contributed by atoms with Gasteiger partial charge in [-0.2, -0.15) is 5.10 Å². The summed E-state index contributed by atoms with van der Waals surface area (Å²) in [5.74, 6) is 1.06. The number of methoxy groups -OCH3 is 2. The molecule has 2 aromatic carbocycles. The fourth-order valence-corrected chi connectivity index (χ4v) is 2.53. The fourth-order valence-electron chi connectivity index (χ4n) is 2.33. The molecule has 0 saturated heterocycles. The van der Waals surface area contributed by atoms with Crippen LogP contribution >= 0.6 is 11.6 Å². The number of halogens is 1. The van der Waals surface area contributed by atoms with E-state index < -0.39 is 0 Å². The van der Waals surface area contributed by atoms with Gasteiger partial charge in [0.15, 0.2) is 0 Å². The van der Waals surface area contributed by atoms with Crippen molar-refractivity contribution in [2.45, 2.75) is 0 Å². The number of rotatable bonds is 5. The number of pyridine rings is 1. The highest BCUT2D eigenvalue weighted by Crippen LogP contribution is 2.23. The van der Waals surface area contributed by atoms with E-state index in [1.807, 2.05) is 24.3 Å². The molecule has 6 nitrogen and oxygen atoms in total. The second kappa shape index (κ2) is 7.84. The van der Waals surface area contributed by atoms with Gasteiger partial charge in [-0.3, -0.25) is 4.79 Å². The van der Waals surface area contributed by atoms with E-state index in [0.29, 0.717) is 22.0 Å². The van der Waals surface area contributed by atoms with Gasteiger partial charge in [-0.05, 0) is 48.5 Å². The molecule has 0 radical (unpaired) electrons. The number of benzene rings is 2. The maximum atomic E-state index is 12.1. The van der Waals surface area contributed by atoms with Crippen LogP contribution in [0, 0.1) is 0 Å². The number of aromatic nitrogens is 1. The molecule has 0 fully saturated rings. The number of carbonyl (C=O) groups is 1. The number of hydrogen-bond donors (Lipinski definition) is 1. The van der Waals surface area contributed by atoms with Gasteiger partial charge < -0.3 is 9.47 Å². The van der Waals surface area contributed by atoms with E-state index in [2.05, 4.69) is 15.5 Å². The average Bonchev–Trinajstić information content (AvgIpc) is 2.68. The molecule has 1 heterocycles. The molecule has 0 saturated carbocycles. The lowest BCUT2D eigenvalue weighted by molar-refractivity contribution is 0.0955. The topological polar surface area (TPSA) is 72.8 Å². The Bertz CT molecular complexity index is 972.